The molecule has 1 heterocycles. The maximum Gasteiger partial charge on any atom is 0.0798 e. The zero-order valence-electron chi connectivity index (χ0n) is 27.8. The third-order valence-corrected chi connectivity index (χ3v) is 11.1. The molecule has 9 aromatic carbocycles. The van der Waals surface area contributed by atoms with Crippen molar-refractivity contribution in [3.8, 4) is 22.3 Å². The van der Waals surface area contributed by atoms with E-state index in [9.17, 15) is 0 Å². The summed E-state index contributed by atoms with van der Waals surface area (Å²) in [6.07, 6.45) is 2.46. The van der Waals surface area contributed by atoms with E-state index in [0.29, 0.717) is 0 Å². The van der Waals surface area contributed by atoms with Crippen LogP contribution in [0.3, 0.4) is 0 Å². The Hall–Kier alpha value is -6.57. The molecule has 0 spiro atoms. The predicted molar refractivity (Wildman–Crippen MR) is 214 cm³/mol. The standard InChI is InChI=1S/C50H31N/c1-2-14-32(15-3-1)45-39-21-9-11-23-41(39)46(42-24-12-10-22-40(42)45)33-28-26-31(27-29-33)44-30-34-16-4-5-17-35(34)49-48(44)47-38-20-8-6-18-36(38)37-19-7-13-25-43(37)50(47)51-49/h1-30,44H. The summed E-state index contributed by atoms with van der Waals surface area (Å²) < 4.78 is 0. The van der Waals surface area contributed by atoms with Crippen molar-refractivity contribution >= 4 is 60.4 Å². The van der Waals surface area contributed by atoms with Gasteiger partial charge in [-0.2, -0.15) is 0 Å². The second kappa shape index (κ2) is 11.0. The first-order valence-electron chi connectivity index (χ1n) is 17.8. The van der Waals surface area contributed by atoms with Crippen LogP contribution in [0.5, 0.6) is 0 Å². The van der Waals surface area contributed by atoms with Gasteiger partial charge in [0.05, 0.1) is 11.1 Å². The van der Waals surface area contributed by atoms with Gasteiger partial charge in [-0.3, -0.25) is 0 Å². The van der Waals surface area contributed by atoms with Crippen LogP contribution in [-0.4, -0.2) is 0 Å². The van der Waals surface area contributed by atoms with Crippen molar-refractivity contribution in [2.24, 2.45) is 4.99 Å². The number of benzene rings is 9. The van der Waals surface area contributed by atoms with E-state index in [4.69, 9.17) is 4.99 Å². The fourth-order valence-electron chi connectivity index (χ4n) is 8.91. The Balaban J connectivity index is 1.17. The molecule has 0 fully saturated rings. The molecule has 0 amide bonds. The molecule has 0 N–H and O–H groups in total. The Morgan fingerprint density at radius 3 is 1.47 bits per heavy atom. The summed E-state index contributed by atoms with van der Waals surface area (Å²) in [7, 11) is 0. The lowest BCUT2D eigenvalue weighted by Gasteiger charge is -2.22. The van der Waals surface area contributed by atoms with Crippen LogP contribution in [0.1, 0.15) is 11.5 Å². The third kappa shape index (κ3) is 4.13. The molecule has 11 rings (SSSR count). The lowest BCUT2D eigenvalue weighted by Crippen LogP contribution is -2.33. The molecule has 2 aliphatic rings. The highest BCUT2D eigenvalue weighted by atomic mass is 14.8. The third-order valence-electron chi connectivity index (χ3n) is 11.1. The van der Waals surface area contributed by atoms with Crippen molar-refractivity contribution < 1.29 is 0 Å². The zero-order valence-corrected chi connectivity index (χ0v) is 27.8. The first kappa shape index (κ1) is 28.3. The summed E-state index contributed by atoms with van der Waals surface area (Å²) in [4.78, 5) is 5.50. The first-order chi connectivity index (χ1) is 25.3. The normalized spacial score (nSPS) is 14.7. The molecule has 236 valence electrons. The summed E-state index contributed by atoms with van der Waals surface area (Å²) in [5, 5.41) is 14.9. The number of nitrogens with zero attached hydrogens (tertiary/aromatic N) is 1. The smallest absolute Gasteiger partial charge is 0.0798 e. The monoisotopic (exact) mass is 645 g/mol. The van der Waals surface area contributed by atoms with E-state index in [0.717, 1.165) is 11.1 Å². The van der Waals surface area contributed by atoms with E-state index in [1.807, 2.05) is 0 Å². The topological polar surface area (TPSA) is 12.4 Å². The molecule has 0 saturated carbocycles. The van der Waals surface area contributed by atoms with Gasteiger partial charge in [0, 0.05) is 21.7 Å². The Bertz CT molecular complexity index is 3110. The molecule has 1 atom stereocenters. The Kier molecular flexibility index (Phi) is 6.08. The molecular formula is C50H31N. The number of hydrogen-bond donors (Lipinski definition) is 0. The van der Waals surface area contributed by atoms with Gasteiger partial charge < -0.3 is 0 Å². The molecule has 0 saturated heterocycles. The van der Waals surface area contributed by atoms with Crippen LogP contribution in [0.4, 0.5) is 0 Å². The Morgan fingerprint density at radius 2 is 0.843 bits per heavy atom. The Labute approximate surface area is 295 Å². The van der Waals surface area contributed by atoms with E-state index in [1.165, 1.54) is 92.1 Å². The van der Waals surface area contributed by atoms with Crippen LogP contribution >= 0.6 is 0 Å². The zero-order chi connectivity index (χ0) is 33.5. The molecule has 0 aromatic heterocycles. The lowest BCUT2D eigenvalue weighted by atomic mass is 9.81. The van der Waals surface area contributed by atoms with Crippen LogP contribution in [0.2, 0.25) is 0 Å². The van der Waals surface area contributed by atoms with Gasteiger partial charge in [-0.05, 0) is 76.3 Å². The van der Waals surface area contributed by atoms with Gasteiger partial charge in [0.15, 0.2) is 0 Å². The Morgan fingerprint density at radius 1 is 0.373 bits per heavy atom. The van der Waals surface area contributed by atoms with Crippen LogP contribution in [0, 0.1) is 0 Å². The van der Waals surface area contributed by atoms with Crippen molar-refractivity contribution in [2.75, 3.05) is 0 Å². The van der Waals surface area contributed by atoms with Crippen molar-refractivity contribution in [3.63, 3.8) is 0 Å². The second-order valence-corrected chi connectivity index (χ2v) is 13.7. The molecule has 0 radical (unpaired) electrons. The van der Waals surface area contributed by atoms with Crippen LogP contribution < -0.4 is 21.0 Å². The van der Waals surface area contributed by atoms with Gasteiger partial charge in [-0.25, -0.2) is 4.99 Å². The summed E-state index contributed by atoms with van der Waals surface area (Å²) in [5.74, 6) is 0.0625. The maximum atomic E-state index is 5.50. The number of rotatable bonds is 3. The average molecular weight is 646 g/mol. The van der Waals surface area contributed by atoms with Gasteiger partial charge in [0.1, 0.15) is 0 Å². The molecule has 9 aromatic rings. The summed E-state index contributed by atoms with van der Waals surface area (Å²) >= 11 is 0. The summed E-state index contributed by atoms with van der Waals surface area (Å²) in [5.41, 5.74) is 8.73. The van der Waals surface area contributed by atoms with Gasteiger partial charge in [0.25, 0.3) is 0 Å². The largest absolute Gasteiger partial charge is 0.247 e. The van der Waals surface area contributed by atoms with Crippen LogP contribution in [-0.2, 0) is 0 Å². The lowest BCUT2D eigenvalue weighted by molar-refractivity contribution is 1.14. The van der Waals surface area contributed by atoms with Crippen molar-refractivity contribution in [3.05, 3.63) is 203 Å². The molecular weight excluding hydrogens is 615 g/mol. The van der Waals surface area contributed by atoms with Crippen molar-refractivity contribution in [1.82, 2.24) is 0 Å². The van der Waals surface area contributed by atoms with Crippen molar-refractivity contribution in [2.45, 2.75) is 5.92 Å². The fraction of sp³-hybridized carbons (Fsp3) is 0.0200. The van der Waals surface area contributed by atoms with E-state index < -0.39 is 0 Å². The van der Waals surface area contributed by atoms with Crippen LogP contribution in [0.25, 0.3) is 82.7 Å². The average Bonchev–Trinajstić information content (AvgIpc) is 3.62. The molecule has 1 heteroatoms. The molecule has 1 unspecified atom stereocenters. The van der Waals surface area contributed by atoms with Gasteiger partial charge in [-0.1, -0.05) is 182 Å². The molecule has 1 aliphatic heterocycles. The summed E-state index contributed by atoms with van der Waals surface area (Å²) in [6.45, 7) is 0. The molecule has 1 aliphatic carbocycles. The number of fused-ring (bicyclic) bond motifs is 10. The highest BCUT2D eigenvalue weighted by Crippen LogP contribution is 2.44. The second-order valence-electron chi connectivity index (χ2n) is 13.7. The fourth-order valence-corrected chi connectivity index (χ4v) is 8.91. The van der Waals surface area contributed by atoms with Gasteiger partial charge in [-0.15, -0.1) is 0 Å². The van der Waals surface area contributed by atoms with Crippen LogP contribution in [0.15, 0.2) is 181 Å². The quantitative estimate of drug-likeness (QED) is 0.134. The van der Waals surface area contributed by atoms with Crippen molar-refractivity contribution in [1.29, 1.82) is 0 Å². The minimum Gasteiger partial charge on any atom is -0.247 e. The minimum atomic E-state index is 0.0625. The maximum absolute atomic E-state index is 5.50. The van der Waals surface area contributed by atoms with E-state index in [-0.39, 0.29) is 5.92 Å². The van der Waals surface area contributed by atoms with E-state index in [1.54, 1.807) is 0 Å². The molecule has 1 nitrogen and oxygen atoms in total. The summed E-state index contributed by atoms with van der Waals surface area (Å²) in [6, 6.07) is 64.3. The predicted octanol–water partition coefficient (Wildman–Crippen LogP) is 9.80. The first-order valence-corrected chi connectivity index (χ1v) is 17.8. The van der Waals surface area contributed by atoms with Gasteiger partial charge >= 0.3 is 0 Å². The SMILES string of the molecule is C1=c2ccccc2=C2N=c3c(c4ccccc4c4ccccc34)=C2C1c1ccc(-c2c3ccccc3c(-c3ccccc3)c3ccccc23)cc1. The van der Waals surface area contributed by atoms with Gasteiger partial charge in [0.2, 0.25) is 0 Å². The number of hydrogen-bond acceptors (Lipinski definition) is 1. The van der Waals surface area contributed by atoms with E-state index in [2.05, 4.69) is 182 Å². The minimum absolute atomic E-state index is 0.0625. The van der Waals surface area contributed by atoms with E-state index >= 15 is 0 Å². The highest BCUT2D eigenvalue weighted by molar-refractivity contribution is 6.21. The molecule has 0 bridgehead atoms. The highest BCUT2D eigenvalue weighted by Gasteiger charge is 2.28. The molecule has 51 heavy (non-hydrogen) atoms.